The number of nitrogens with one attached hydrogen (secondary N) is 2. The summed E-state index contributed by atoms with van der Waals surface area (Å²) in [6, 6.07) is 2.63. The molecule has 0 aliphatic carbocycles. The Morgan fingerprint density at radius 3 is 2.39 bits per heavy atom. The van der Waals surface area contributed by atoms with Crippen LogP contribution in [0.4, 0.5) is 22.8 Å². The summed E-state index contributed by atoms with van der Waals surface area (Å²) in [7, 11) is 1.53. The van der Waals surface area contributed by atoms with Crippen molar-refractivity contribution in [1.29, 1.82) is 0 Å². The van der Waals surface area contributed by atoms with Gasteiger partial charge in [-0.05, 0) is 38.5 Å². The zero-order valence-corrected chi connectivity index (χ0v) is 20.8. The monoisotopic (exact) mass is 511 g/mol. The second kappa shape index (κ2) is 11.2. The fourth-order valence-corrected chi connectivity index (χ4v) is 4.46. The lowest BCUT2D eigenvalue weighted by molar-refractivity contribution is -0.139. The van der Waals surface area contributed by atoms with E-state index in [4.69, 9.17) is 4.74 Å². The molecule has 1 fully saturated rings. The fraction of sp³-hybridized carbons (Fsp3) is 0.542. The lowest BCUT2D eigenvalue weighted by Gasteiger charge is -2.42. The zero-order chi connectivity index (χ0) is 26.6. The summed E-state index contributed by atoms with van der Waals surface area (Å²) in [5.74, 6) is -0.654. The molecular weight excluding hydrogens is 479 g/mol. The van der Waals surface area contributed by atoms with Gasteiger partial charge in [-0.3, -0.25) is 9.80 Å². The minimum atomic E-state index is -4.51. The first-order chi connectivity index (χ1) is 17.0. The van der Waals surface area contributed by atoms with Crippen molar-refractivity contribution < 1.29 is 32.3 Å². The SMILES string of the molecule is CCNC(=O)N1CCN(CC2=C(C(=O)OCC)[C@H](c3ccc(C(F)(F)F)cc3)NC(=O)N2C)C[C@H]1C. The normalized spacial score (nSPS) is 21.4. The Labute approximate surface area is 208 Å². The van der Waals surface area contributed by atoms with Crippen molar-refractivity contribution >= 4 is 18.0 Å². The average Bonchev–Trinajstić information content (AvgIpc) is 2.81. The van der Waals surface area contributed by atoms with Gasteiger partial charge in [0.15, 0.2) is 0 Å². The molecular formula is C24H32F3N5O4. The number of ether oxygens (including phenoxy) is 1. The van der Waals surface area contributed by atoms with E-state index in [1.807, 2.05) is 18.7 Å². The van der Waals surface area contributed by atoms with E-state index >= 15 is 0 Å². The number of hydrogen-bond donors (Lipinski definition) is 2. The van der Waals surface area contributed by atoms with Gasteiger partial charge < -0.3 is 20.3 Å². The summed E-state index contributed by atoms with van der Waals surface area (Å²) >= 11 is 0. The topological polar surface area (TPSA) is 94.2 Å². The standard InChI is InChI=1S/C24H32F3N5O4/c1-5-28-22(34)32-12-11-31(13-15(32)3)14-18-19(21(33)36-6-2)20(29-23(35)30(18)4)16-7-9-17(10-8-16)24(25,26)27/h7-10,15,20H,5-6,11-14H2,1-4H3,(H,28,34)(H,29,35)/t15-,20+/m1/s1. The highest BCUT2D eigenvalue weighted by Gasteiger charge is 2.39. The van der Waals surface area contributed by atoms with Gasteiger partial charge in [0, 0.05) is 51.5 Å². The molecule has 0 saturated carbocycles. The van der Waals surface area contributed by atoms with Gasteiger partial charge in [-0.1, -0.05) is 12.1 Å². The number of carbonyl (C=O) groups is 3. The van der Waals surface area contributed by atoms with Gasteiger partial charge >= 0.3 is 24.2 Å². The summed E-state index contributed by atoms with van der Waals surface area (Å²) < 4.78 is 44.5. The molecule has 0 radical (unpaired) electrons. The highest BCUT2D eigenvalue weighted by atomic mass is 19.4. The Balaban J connectivity index is 1.94. The van der Waals surface area contributed by atoms with Gasteiger partial charge in [-0.2, -0.15) is 13.2 Å². The largest absolute Gasteiger partial charge is 0.463 e. The van der Waals surface area contributed by atoms with E-state index in [0.717, 1.165) is 12.1 Å². The number of benzene rings is 1. The molecule has 3 rings (SSSR count). The van der Waals surface area contributed by atoms with Crippen LogP contribution in [0.5, 0.6) is 0 Å². The molecule has 36 heavy (non-hydrogen) atoms. The van der Waals surface area contributed by atoms with E-state index in [9.17, 15) is 27.6 Å². The van der Waals surface area contributed by atoms with Crippen LogP contribution in [0, 0.1) is 0 Å². The number of amides is 4. The molecule has 9 nitrogen and oxygen atoms in total. The van der Waals surface area contributed by atoms with Crippen LogP contribution in [-0.2, 0) is 15.7 Å². The van der Waals surface area contributed by atoms with Gasteiger partial charge in [-0.25, -0.2) is 14.4 Å². The highest BCUT2D eigenvalue weighted by molar-refractivity contribution is 5.95. The molecule has 198 valence electrons. The van der Waals surface area contributed by atoms with E-state index in [2.05, 4.69) is 10.6 Å². The molecule has 2 N–H and O–H groups in total. The molecule has 0 unspecified atom stereocenters. The minimum Gasteiger partial charge on any atom is -0.463 e. The van der Waals surface area contributed by atoms with Crippen LogP contribution in [0.1, 0.15) is 37.9 Å². The number of carbonyl (C=O) groups excluding carboxylic acids is 3. The first kappa shape index (κ1) is 27.3. The molecule has 2 atom stereocenters. The third-order valence-electron chi connectivity index (χ3n) is 6.32. The molecule has 1 saturated heterocycles. The van der Waals surface area contributed by atoms with E-state index in [1.54, 1.807) is 11.8 Å². The van der Waals surface area contributed by atoms with E-state index in [-0.39, 0.29) is 30.8 Å². The van der Waals surface area contributed by atoms with E-state index < -0.39 is 29.8 Å². The second-order valence-electron chi connectivity index (χ2n) is 8.76. The summed E-state index contributed by atoms with van der Waals surface area (Å²) in [6.45, 7) is 7.75. The van der Waals surface area contributed by atoms with Crippen LogP contribution >= 0.6 is 0 Å². The third kappa shape index (κ3) is 5.92. The van der Waals surface area contributed by atoms with Crippen molar-refractivity contribution in [3.8, 4) is 0 Å². The Bertz CT molecular complexity index is 1010. The van der Waals surface area contributed by atoms with Crippen molar-refractivity contribution in [3.63, 3.8) is 0 Å². The number of piperazine rings is 1. The lowest BCUT2D eigenvalue weighted by Crippen LogP contribution is -2.57. The zero-order valence-electron chi connectivity index (χ0n) is 20.8. The van der Waals surface area contributed by atoms with Crippen LogP contribution in [0.25, 0.3) is 0 Å². The maximum absolute atomic E-state index is 13.1. The molecule has 1 aromatic rings. The molecule has 2 aliphatic rings. The number of likely N-dealkylation sites (N-methyl/N-ethyl adjacent to an activating group) is 1. The van der Waals surface area contributed by atoms with Crippen molar-refractivity contribution in [2.24, 2.45) is 0 Å². The number of esters is 1. The van der Waals surface area contributed by atoms with E-state index in [1.165, 1.54) is 24.1 Å². The van der Waals surface area contributed by atoms with Gasteiger partial charge in [0.2, 0.25) is 0 Å². The van der Waals surface area contributed by atoms with Crippen LogP contribution in [0.2, 0.25) is 0 Å². The maximum atomic E-state index is 13.1. The van der Waals surface area contributed by atoms with Gasteiger partial charge in [0.1, 0.15) is 0 Å². The Kier molecular flexibility index (Phi) is 8.49. The third-order valence-corrected chi connectivity index (χ3v) is 6.32. The number of halogens is 3. The first-order valence-electron chi connectivity index (χ1n) is 11.9. The second-order valence-corrected chi connectivity index (χ2v) is 8.76. The van der Waals surface area contributed by atoms with E-state index in [0.29, 0.717) is 37.4 Å². The number of rotatable bonds is 6. The molecule has 4 amide bonds. The van der Waals surface area contributed by atoms with Crippen LogP contribution < -0.4 is 10.6 Å². The first-order valence-corrected chi connectivity index (χ1v) is 11.9. The minimum absolute atomic E-state index is 0.0925. The van der Waals surface area contributed by atoms with Gasteiger partial charge in [-0.15, -0.1) is 0 Å². The Hall–Kier alpha value is -3.28. The number of nitrogens with zero attached hydrogens (tertiary/aromatic N) is 3. The molecule has 1 aromatic carbocycles. The summed E-state index contributed by atoms with van der Waals surface area (Å²) in [4.78, 5) is 43.3. The van der Waals surface area contributed by atoms with Crippen LogP contribution in [-0.4, -0.2) is 85.2 Å². The molecule has 2 heterocycles. The molecule has 0 spiro atoms. The summed E-state index contributed by atoms with van der Waals surface area (Å²) in [5, 5.41) is 5.50. The summed E-state index contributed by atoms with van der Waals surface area (Å²) in [5.41, 5.74) is 0.0732. The van der Waals surface area contributed by atoms with Crippen LogP contribution in [0.15, 0.2) is 35.5 Å². The average molecular weight is 512 g/mol. The number of alkyl halides is 3. The molecule has 12 heteroatoms. The van der Waals surface area contributed by atoms with Crippen molar-refractivity contribution in [1.82, 2.24) is 25.3 Å². The highest BCUT2D eigenvalue weighted by Crippen LogP contribution is 2.34. The number of hydrogen-bond acceptors (Lipinski definition) is 5. The van der Waals surface area contributed by atoms with Gasteiger partial charge in [0.05, 0.1) is 23.8 Å². The Morgan fingerprint density at radius 2 is 1.83 bits per heavy atom. The fourth-order valence-electron chi connectivity index (χ4n) is 4.46. The van der Waals surface area contributed by atoms with Crippen molar-refractivity contribution in [2.45, 2.75) is 39.0 Å². The smallest absolute Gasteiger partial charge is 0.416 e. The Morgan fingerprint density at radius 1 is 1.17 bits per heavy atom. The number of urea groups is 2. The van der Waals surface area contributed by atoms with Crippen molar-refractivity contribution in [3.05, 3.63) is 46.7 Å². The summed E-state index contributed by atoms with van der Waals surface area (Å²) in [6.07, 6.45) is -4.51. The predicted octanol–water partition coefficient (Wildman–Crippen LogP) is 2.95. The molecule has 0 bridgehead atoms. The maximum Gasteiger partial charge on any atom is 0.416 e. The van der Waals surface area contributed by atoms with Crippen LogP contribution in [0.3, 0.4) is 0 Å². The van der Waals surface area contributed by atoms with Crippen molar-refractivity contribution in [2.75, 3.05) is 46.4 Å². The quantitative estimate of drug-likeness (QED) is 0.573. The lowest BCUT2D eigenvalue weighted by atomic mass is 9.93. The predicted molar refractivity (Wildman–Crippen MR) is 126 cm³/mol. The van der Waals surface area contributed by atoms with Gasteiger partial charge in [0.25, 0.3) is 0 Å². The molecule has 2 aliphatic heterocycles. The molecule has 0 aromatic heterocycles.